The molecular formula is C19H12ClF2NO6S2. The number of benzene rings is 3. The molecule has 0 bridgehead atoms. The van der Waals surface area contributed by atoms with Crippen molar-refractivity contribution in [2.75, 3.05) is 10.5 Å². The molecule has 0 amide bonds. The summed E-state index contributed by atoms with van der Waals surface area (Å²) in [6.45, 7) is -0.129. The SMILES string of the molecule is O=S(=O)(c1cccc(Cl)c1)N(c1ccc2c(c1)OCO2)S(=O)(=O)c1ccc(F)c(F)c1. The molecule has 0 aromatic heterocycles. The van der Waals surface area contributed by atoms with E-state index in [0.29, 0.717) is 12.1 Å². The molecule has 3 aromatic rings. The van der Waals surface area contributed by atoms with Crippen molar-refractivity contribution >= 4 is 37.3 Å². The molecule has 1 aliphatic rings. The summed E-state index contributed by atoms with van der Waals surface area (Å²) in [6, 6.07) is 10.4. The zero-order chi connectivity index (χ0) is 22.4. The quantitative estimate of drug-likeness (QED) is 0.541. The predicted molar refractivity (Wildman–Crippen MR) is 107 cm³/mol. The number of hydrogen-bond donors (Lipinski definition) is 0. The van der Waals surface area contributed by atoms with E-state index in [4.69, 9.17) is 21.1 Å². The van der Waals surface area contributed by atoms with Gasteiger partial charge in [0.2, 0.25) is 6.79 Å². The minimum Gasteiger partial charge on any atom is -0.454 e. The molecule has 7 nitrogen and oxygen atoms in total. The number of fused-ring (bicyclic) bond motifs is 1. The Balaban J connectivity index is 1.96. The van der Waals surface area contributed by atoms with Crippen LogP contribution in [0.1, 0.15) is 0 Å². The Morgan fingerprint density at radius 1 is 0.774 bits per heavy atom. The Morgan fingerprint density at radius 3 is 2.13 bits per heavy atom. The van der Waals surface area contributed by atoms with Gasteiger partial charge < -0.3 is 9.47 Å². The summed E-state index contributed by atoms with van der Waals surface area (Å²) in [5.74, 6) is -2.34. The molecule has 0 aliphatic carbocycles. The number of halogens is 3. The molecule has 12 heteroatoms. The van der Waals surface area contributed by atoms with Gasteiger partial charge in [-0.2, -0.15) is 3.71 Å². The average molecular weight is 488 g/mol. The third-order valence-electron chi connectivity index (χ3n) is 4.29. The van der Waals surface area contributed by atoms with Crippen molar-refractivity contribution in [3.05, 3.63) is 77.3 Å². The summed E-state index contributed by atoms with van der Waals surface area (Å²) in [4.78, 5) is -1.20. The van der Waals surface area contributed by atoms with Crippen LogP contribution in [0.4, 0.5) is 14.5 Å². The van der Waals surface area contributed by atoms with Crippen molar-refractivity contribution in [3.63, 3.8) is 0 Å². The van der Waals surface area contributed by atoms with Gasteiger partial charge >= 0.3 is 0 Å². The van der Waals surface area contributed by atoms with Crippen LogP contribution < -0.4 is 13.2 Å². The van der Waals surface area contributed by atoms with E-state index in [1.807, 2.05) is 0 Å². The van der Waals surface area contributed by atoms with Crippen LogP contribution in [0, 0.1) is 11.6 Å². The van der Waals surface area contributed by atoms with Gasteiger partial charge in [0.05, 0.1) is 15.5 Å². The molecule has 0 saturated carbocycles. The van der Waals surface area contributed by atoms with Crippen molar-refractivity contribution < 1.29 is 35.1 Å². The van der Waals surface area contributed by atoms with Gasteiger partial charge in [-0.3, -0.25) is 0 Å². The third kappa shape index (κ3) is 3.80. The van der Waals surface area contributed by atoms with Crippen LogP contribution in [0.2, 0.25) is 5.02 Å². The second-order valence-electron chi connectivity index (χ2n) is 6.28. The lowest BCUT2D eigenvalue weighted by atomic mass is 10.3. The molecule has 0 fully saturated rings. The standard InChI is InChI=1S/C19H12ClF2NO6S2/c20-12-2-1-3-14(8-12)30(24,25)23(13-4-7-18-19(9-13)29-11-28-18)31(26,27)15-5-6-16(21)17(22)10-15/h1-10H,11H2. The minimum atomic E-state index is -4.93. The highest BCUT2D eigenvalue weighted by Crippen LogP contribution is 2.39. The molecule has 0 N–H and O–H groups in total. The first-order valence-electron chi connectivity index (χ1n) is 8.51. The molecule has 0 saturated heterocycles. The molecule has 0 radical (unpaired) electrons. The van der Waals surface area contributed by atoms with Gasteiger partial charge in [0.1, 0.15) is 0 Å². The molecule has 3 aromatic carbocycles. The van der Waals surface area contributed by atoms with E-state index in [-0.39, 0.29) is 32.7 Å². The molecule has 162 valence electrons. The highest BCUT2D eigenvalue weighted by atomic mass is 35.5. The van der Waals surface area contributed by atoms with Crippen LogP contribution in [-0.4, -0.2) is 23.6 Å². The fourth-order valence-corrected chi connectivity index (χ4v) is 6.85. The smallest absolute Gasteiger partial charge is 0.277 e. The Bertz CT molecular complexity index is 1400. The summed E-state index contributed by atoms with van der Waals surface area (Å²) >= 11 is 5.89. The zero-order valence-electron chi connectivity index (χ0n) is 15.3. The van der Waals surface area contributed by atoms with Gasteiger partial charge in [-0.1, -0.05) is 17.7 Å². The van der Waals surface area contributed by atoms with E-state index >= 15 is 0 Å². The number of anilines is 1. The minimum absolute atomic E-state index is 0.0527. The van der Waals surface area contributed by atoms with Crippen LogP contribution in [0.3, 0.4) is 0 Å². The van der Waals surface area contributed by atoms with Crippen LogP contribution in [-0.2, 0) is 20.0 Å². The van der Waals surface area contributed by atoms with Crippen LogP contribution in [0.5, 0.6) is 11.5 Å². The van der Waals surface area contributed by atoms with Gasteiger partial charge in [-0.15, -0.1) is 0 Å². The maximum atomic E-state index is 13.8. The Morgan fingerprint density at radius 2 is 1.45 bits per heavy atom. The summed E-state index contributed by atoms with van der Waals surface area (Å²) in [7, 11) is -9.70. The highest BCUT2D eigenvalue weighted by Gasteiger charge is 2.38. The second kappa shape index (κ2) is 7.66. The second-order valence-corrected chi connectivity index (χ2v) is 10.5. The number of hydrogen-bond acceptors (Lipinski definition) is 6. The first kappa shape index (κ1) is 21.3. The van der Waals surface area contributed by atoms with Crippen LogP contribution >= 0.6 is 11.6 Å². The molecule has 4 rings (SSSR count). The van der Waals surface area contributed by atoms with Crippen molar-refractivity contribution in [3.8, 4) is 11.5 Å². The monoisotopic (exact) mass is 487 g/mol. The molecular weight excluding hydrogens is 476 g/mol. The van der Waals surface area contributed by atoms with Gasteiger partial charge in [-0.25, -0.2) is 25.6 Å². The van der Waals surface area contributed by atoms with Gasteiger partial charge in [0, 0.05) is 11.1 Å². The number of nitrogens with zero attached hydrogens (tertiary/aromatic N) is 1. The number of ether oxygens (including phenoxy) is 2. The van der Waals surface area contributed by atoms with Gasteiger partial charge in [0.25, 0.3) is 20.0 Å². The van der Waals surface area contributed by atoms with Gasteiger partial charge in [0.15, 0.2) is 23.1 Å². The molecule has 0 atom stereocenters. The Labute approximate surface area is 181 Å². The number of sulfonamides is 2. The predicted octanol–water partition coefficient (Wildman–Crippen LogP) is 3.93. The molecule has 1 heterocycles. The normalized spacial score (nSPS) is 13.3. The lowest BCUT2D eigenvalue weighted by Crippen LogP contribution is -2.37. The third-order valence-corrected chi connectivity index (χ3v) is 8.69. The van der Waals surface area contributed by atoms with Crippen molar-refractivity contribution in [2.45, 2.75) is 9.79 Å². The summed E-state index contributed by atoms with van der Waals surface area (Å²) in [5.41, 5.74) is -0.325. The molecule has 1 aliphatic heterocycles. The van der Waals surface area contributed by atoms with E-state index in [1.165, 1.54) is 24.3 Å². The first-order chi connectivity index (χ1) is 14.6. The zero-order valence-corrected chi connectivity index (χ0v) is 17.7. The molecule has 0 unspecified atom stereocenters. The van der Waals surface area contributed by atoms with E-state index < -0.39 is 41.5 Å². The largest absolute Gasteiger partial charge is 0.454 e. The van der Waals surface area contributed by atoms with E-state index in [9.17, 15) is 25.6 Å². The topological polar surface area (TPSA) is 90.0 Å². The summed E-state index contributed by atoms with van der Waals surface area (Å²) < 4.78 is 91.1. The Hall–Kier alpha value is -2.89. The van der Waals surface area contributed by atoms with Crippen molar-refractivity contribution in [1.82, 2.24) is 0 Å². The fraction of sp³-hybridized carbons (Fsp3) is 0.0526. The molecule has 31 heavy (non-hydrogen) atoms. The molecule has 0 spiro atoms. The number of rotatable bonds is 5. The lowest BCUT2D eigenvalue weighted by Gasteiger charge is -2.24. The summed E-state index contributed by atoms with van der Waals surface area (Å²) in [5, 5.41) is 0.0527. The van der Waals surface area contributed by atoms with Gasteiger partial charge in [-0.05, 0) is 48.5 Å². The summed E-state index contributed by atoms with van der Waals surface area (Å²) in [6.07, 6.45) is 0. The van der Waals surface area contributed by atoms with E-state index in [0.717, 1.165) is 24.3 Å². The lowest BCUT2D eigenvalue weighted by molar-refractivity contribution is 0.174. The maximum absolute atomic E-state index is 13.8. The Kier molecular flexibility index (Phi) is 5.28. The highest BCUT2D eigenvalue weighted by molar-refractivity contribution is 8.10. The van der Waals surface area contributed by atoms with Crippen molar-refractivity contribution in [2.24, 2.45) is 0 Å². The maximum Gasteiger partial charge on any atom is 0.277 e. The first-order valence-corrected chi connectivity index (χ1v) is 11.8. The van der Waals surface area contributed by atoms with Crippen LogP contribution in [0.25, 0.3) is 0 Å². The van der Waals surface area contributed by atoms with E-state index in [1.54, 1.807) is 0 Å². The van der Waals surface area contributed by atoms with E-state index in [2.05, 4.69) is 0 Å². The fourth-order valence-electron chi connectivity index (χ4n) is 2.86. The average Bonchev–Trinajstić information content (AvgIpc) is 3.17. The van der Waals surface area contributed by atoms with Crippen LogP contribution in [0.15, 0.2) is 70.5 Å². The van der Waals surface area contributed by atoms with Crippen molar-refractivity contribution in [1.29, 1.82) is 0 Å².